The Hall–Kier alpha value is -1.63. The van der Waals surface area contributed by atoms with E-state index in [1.807, 2.05) is 51.9 Å². The van der Waals surface area contributed by atoms with Crippen molar-refractivity contribution in [1.29, 1.82) is 0 Å². The molecular formula is C17H24N2O3S. The number of benzene rings is 1. The number of sulfonamides is 1. The number of aryl methyl sites for hydroxylation is 3. The summed E-state index contributed by atoms with van der Waals surface area (Å²) in [5.41, 5.74) is 2.80. The minimum atomic E-state index is -3.57. The molecular weight excluding hydrogens is 312 g/mol. The minimum absolute atomic E-state index is 0.161. The van der Waals surface area contributed by atoms with Crippen molar-refractivity contribution in [3.05, 3.63) is 53.0 Å². The number of furan rings is 1. The summed E-state index contributed by atoms with van der Waals surface area (Å²) in [7, 11) is 0.215. The number of nitrogens with one attached hydrogen (secondary N) is 1. The highest BCUT2D eigenvalue weighted by molar-refractivity contribution is 7.89. The normalized spacial score (nSPS) is 13.5. The Balaban J connectivity index is 2.23. The number of hydrogen-bond donors (Lipinski definition) is 1. The second-order valence-electron chi connectivity index (χ2n) is 6.05. The lowest BCUT2D eigenvalue weighted by molar-refractivity contribution is 0.259. The topological polar surface area (TPSA) is 62.6 Å². The summed E-state index contributed by atoms with van der Waals surface area (Å²) in [4.78, 5) is 2.26. The van der Waals surface area contributed by atoms with Gasteiger partial charge in [0, 0.05) is 6.54 Å². The van der Waals surface area contributed by atoms with Crippen LogP contribution >= 0.6 is 0 Å². The highest BCUT2D eigenvalue weighted by Crippen LogP contribution is 2.22. The molecule has 0 bridgehead atoms. The zero-order valence-electron chi connectivity index (χ0n) is 14.3. The fourth-order valence-corrected chi connectivity index (χ4v) is 3.86. The largest absolute Gasteiger partial charge is 0.468 e. The molecule has 1 heterocycles. The van der Waals surface area contributed by atoms with E-state index in [2.05, 4.69) is 4.72 Å². The van der Waals surface area contributed by atoms with Crippen molar-refractivity contribution in [3.63, 3.8) is 0 Å². The first-order valence-electron chi connectivity index (χ1n) is 7.49. The molecule has 5 nitrogen and oxygen atoms in total. The van der Waals surface area contributed by atoms with Crippen LogP contribution in [0, 0.1) is 20.8 Å². The van der Waals surface area contributed by atoms with Gasteiger partial charge in [0.25, 0.3) is 0 Å². The van der Waals surface area contributed by atoms with Crippen molar-refractivity contribution >= 4 is 10.0 Å². The predicted molar refractivity (Wildman–Crippen MR) is 91.0 cm³/mol. The number of nitrogens with zero attached hydrogens (tertiary/aromatic N) is 1. The second-order valence-corrected chi connectivity index (χ2v) is 7.78. The Kier molecular flexibility index (Phi) is 5.29. The average molecular weight is 336 g/mol. The molecule has 1 unspecified atom stereocenters. The van der Waals surface area contributed by atoms with Gasteiger partial charge in [-0.05, 0) is 69.8 Å². The van der Waals surface area contributed by atoms with Gasteiger partial charge in [-0.1, -0.05) is 6.07 Å². The van der Waals surface area contributed by atoms with Crippen LogP contribution in [0.2, 0.25) is 0 Å². The zero-order valence-corrected chi connectivity index (χ0v) is 15.1. The third kappa shape index (κ3) is 4.02. The Morgan fingerprint density at radius 1 is 1.13 bits per heavy atom. The molecule has 126 valence electrons. The van der Waals surface area contributed by atoms with Crippen LogP contribution in [0.25, 0.3) is 0 Å². The van der Waals surface area contributed by atoms with Gasteiger partial charge in [-0.3, -0.25) is 4.90 Å². The third-order valence-corrected chi connectivity index (χ3v) is 5.61. The molecule has 1 aromatic carbocycles. The second kappa shape index (κ2) is 6.86. The summed E-state index contributed by atoms with van der Waals surface area (Å²) in [5, 5.41) is 0. The van der Waals surface area contributed by atoms with Crippen LogP contribution in [-0.4, -0.2) is 34.0 Å². The molecule has 23 heavy (non-hydrogen) atoms. The van der Waals surface area contributed by atoms with E-state index in [0.717, 1.165) is 22.5 Å². The molecule has 0 aliphatic heterocycles. The molecule has 1 aromatic heterocycles. The maximum atomic E-state index is 12.7. The number of rotatable bonds is 6. The molecule has 2 rings (SSSR count). The standard InChI is InChI=1S/C17H24N2O3S/c1-12-9-14(3)17(10-13(12)2)23(20,21)18-11-15(19(4)5)16-7-6-8-22-16/h6-10,15,18H,11H2,1-5H3. The van der Waals surface area contributed by atoms with E-state index < -0.39 is 10.0 Å². The lowest BCUT2D eigenvalue weighted by Gasteiger charge is -2.23. The Labute approximate surface area is 138 Å². The van der Waals surface area contributed by atoms with Gasteiger partial charge in [0.05, 0.1) is 17.2 Å². The van der Waals surface area contributed by atoms with Crippen LogP contribution in [0.3, 0.4) is 0 Å². The van der Waals surface area contributed by atoms with Crippen LogP contribution < -0.4 is 4.72 Å². The van der Waals surface area contributed by atoms with Crippen LogP contribution in [0.15, 0.2) is 39.8 Å². The first-order chi connectivity index (χ1) is 10.7. The molecule has 6 heteroatoms. The summed E-state index contributed by atoms with van der Waals surface area (Å²) in [6.45, 7) is 5.95. The van der Waals surface area contributed by atoms with Gasteiger partial charge in [0.1, 0.15) is 5.76 Å². The maximum absolute atomic E-state index is 12.7. The third-order valence-electron chi connectivity index (χ3n) is 4.04. The minimum Gasteiger partial charge on any atom is -0.468 e. The van der Waals surface area contributed by atoms with Crippen molar-refractivity contribution in [2.24, 2.45) is 0 Å². The zero-order chi connectivity index (χ0) is 17.2. The average Bonchev–Trinajstić information content (AvgIpc) is 2.96. The maximum Gasteiger partial charge on any atom is 0.240 e. The van der Waals surface area contributed by atoms with E-state index in [9.17, 15) is 8.42 Å². The van der Waals surface area contributed by atoms with E-state index in [-0.39, 0.29) is 12.6 Å². The number of likely N-dealkylation sites (N-methyl/N-ethyl adjacent to an activating group) is 1. The van der Waals surface area contributed by atoms with Gasteiger partial charge in [-0.15, -0.1) is 0 Å². The fourth-order valence-electron chi connectivity index (χ4n) is 2.51. The van der Waals surface area contributed by atoms with Gasteiger partial charge in [-0.2, -0.15) is 0 Å². The highest BCUT2D eigenvalue weighted by Gasteiger charge is 2.23. The quantitative estimate of drug-likeness (QED) is 0.881. The molecule has 2 aromatic rings. The number of hydrogen-bond acceptors (Lipinski definition) is 4. The van der Waals surface area contributed by atoms with E-state index in [1.54, 1.807) is 18.4 Å². The summed E-state index contributed by atoms with van der Waals surface area (Å²) < 4.78 is 33.4. The van der Waals surface area contributed by atoms with Crippen molar-refractivity contribution in [2.45, 2.75) is 31.7 Å². The van der Waals surface area contributed by atoms with Crippen LogP contribution in [0.4, 0.5) is 0 Å². The Morgan fingerprint density at radius 3 is 2.35 bits per heavy atom. The van der Waals surface area contributed by atoms with Gasteiger partial charge in [-0.25, -0.2) is 13.1 Å². The van der Waals surface area contributed by atoms with Crippen molar-refractivity contribution in [3.8, 4) is 0 Å². The molecule has 1 atom stereocenters. The molecule has 0 aliphatic carbocycles. The summed E-state index contributed by atoms with van der Waals surface area (Å²) in [6.07, 6.45) is 1.59. The van der Waals surface area contributed by atoms with Crippen molar-refractivity contribution < 1.29 is 12.8 Å². The fraction of sp³-hybridized carbons (Fsp3) is 0.412. The summed E-state index contributed by atoms with van der Waals surface area (Å²) in [6, 6.07) is 7.12. The molecule has 1 N–H and O–H groups in total. The van der Waals surface area contributed by atoms with Crippen LogP contribution in [0.1, 0.15) is 28.5 Å². The van der Waals surface area contributed by atoms with E-state index in [1.165, 1.54) is 0 Å². The molecule has 0 aliphatic rings. The summed E-state index contributed by atoms with van der Waals surface area (Å²) >= 11 is 0. The smallest absolute Gasteiger partial charge is 0.240 e. The Morgan fingerprint density at radius 2 is 1.78 bits per heavy atom. The first kappa shape index (κ1) is 17.7. The Bertz CT molecular complexity index is 765. The molecule has 0 spiro atoms. The monoisotopic (exact) mass is 336 g/mol. The first-order valence-corrected chi connectivity index (χ1v) is 8.98. The van der Waals surface area contributed by atoms with Gasteiger partial charge >= 0.3 is 0 Å². The highest BCUT2D eigenvalue weighted by atomic mass is 32.2. The van der Waals surface area contributed by atoms with Crippen LogP contribution in [0.5, 0.6) is 0 Å². The van der Waals surface area contributed by atoms with E-state index in [4.69, 9.17) is 4.42 Å². The lowest BCUT2D eigenvalue weighted by Crippen LogP contribution is -2.34. The summed E-state index contributed by atoms with van der Waals surface area (Å²) in [5.74, 6) is 0.731. The van der Waals surface area contributed by atoms with Gasteiger partial charge in [0.15, 0.2) is 0 Å². The van der Waals surface area contributed by atoms with E-state index in [0.29, 0.717) is 4.90 Å². The molecule has 0 fully saturated rings. The van der Waals surface area contributed by atoms with Crippen LogP contribution in [-0.2, 0) is 10.0 Å². The van der Waals surface area contributed by atoms with Crippen molar-refractivity contribution in [2.75, 3.05) is 20.6 Å². The molecule has 0 radical (unpaired) electrons. The molecule has 0 amide bonds. The van der Waals surface area contributed by atoms with Gasteiger partial charge < -0.3 is 4.42 Å². The predicted octanol–water partition coefficient (Wildman–Crippen LogP) is 2.79. The van der Waals surface area contributed by atoms with E-state index >= 15 is 0 Å². The van der Waals surface area contributed by atoms with Crippen molar-refractivity contribution in [1.82, 2.24) is 9.62 Å². The lowest BCUT2D eigenvalue weighted by atomic mass is 10.1. The molecule has 0 saturated carbocycles. The van der Waals surface area contributed by atoms with Gasteiger partial charge in [0.2, 0.25) is 10.0 Å². The SMILES string of the molecule is Cc1cc(C)c(S(=O)(=O)NCC(c2ccco2)N(C)C)cc1C. The molecule has 0 saturated heterocycles.